The largest absolute Gasteiger partial charge is 0.308 e. The Labute approximate surface area is 537 Å². The third-order valence-corrected chi connectivity index (χ3v) is 23.2. The van der Waals surface area contributed by atoms with Crippen molar-refractivity contribution in [2.24, 2.45) is 0 Å². The van der Waals surface area contributed by atoms with Crippen LogP contribution in [0.5, 0.6) is 0 Å². The van der Waals surface area contributed by atoms with E-state index >= 15 is 9.59 Å². The van der Waals surface area contributed by atoms with Gasteiger partial charge in [0.1, 0.15) is 0 Å². The van der Waals surface area contributed by atoms with Crippen LogP contribution < -0.4 is 0 Å². The van der Waals surface area contributed by atoms with Gasteiger partial charge in [-0.2, -0.15) is 0 Å². The van der Waals surface area contributed by atoms with Crippen LogP contribution in [-0.4, -0.2) is 177 Å². The van der Waals surface area contributed by atoms with Crippen molar-refractivity contribution in [2.75, 3.05) is 0 Å². The molecule has 0 aliphatic heterocycles. The fourth-order valence-electron chi connectivity index (χ4n) is 17.1. The van der Waals surface area contributed by atoms with Crippen molar-refractivity contribution in [1.82, 2.24) is 8.80 Å². The molecule has 4 nitrogen and oxygen atoms in total. The van der Waals surface area contributed by atoms with Gasteiger partial charge < -0.3 is 8.80 Å². The first-order chi connectivity index (χ1) is 40.9. The second kappa shape index (κ2) is 16.3. The highest BCUT2D eigenvalue weighted by Crippen LogP contribution is 2.61. The number of fused-ring (bicyclic) bond motifs is 28. The zero-order chi connectivity index (χ0) is 62.3. The second-order valence-corrected chi connectivity index (χ2v) is 27.9. The quantitative estimate of drug-likeness (QED) is 0.214. The molecule has 40 radical (unpaired) electrons. The fraction of sp³-hybridized carbons (Fsp3) is 0.312. The van der Waals surface area contributed by atoms with E-state index < -0.39 is 63.0 Å². The van der Waals surface area contributed by atoms with E-state index in [1.54, 1.807) is 60.7 Å². The minimum absolute atomic E-state index is 0.199. The normalized spacial score (nSPS) is 28.1. The van der Waals surface area contributed by atoms with Crippen LogP contribution >= 0.6 is 0 Å². The molecule has 4 heterocycles. The molecular formula is C64H32B20N2O2. The number of rotatable bonds is 0. The lowest BCUT2D eigenvalue weighted by atomic mass is 9.24. The first-order valence-corrected chi connectivity index (χ1v) is 29.6. The van der Waals surface area contributed by atoms with Gasteiger partial charge in [-0.15, -0.1) is 0 Å². The summed E-state index contributed by atoms with van der Waals surface area (Å²) in [6, 6.07) is 28.2. The summed E-state index contributed by atoms with van der Waals surface area (Å²) in [6.07, 6.45) is 3.28. The van der Waals surface area contributed by atoms with E-state index in [-0.39, 0.29) is 56.1 Å². The van der Waals surface area contributed by atoms with Gasteiger partial charge in [-0.3, -0.25) is 9.59 Å². The van der Waals surface area contributed by atoms with Crippen LogP contribution in [0.3, 0.4) is 0 Å². The molecule has 0 N–H and O–H groups in total. The third-order valence-electron chi connectivity index (χ3n) is 23.2. The van der Waals surface area contributed by atoms with E-state index in [0.717, 1.165) is 0 Å². The SMILES string of the molecule is [B]C12CCC([B])(CC1)c1cc3c4c5cc(c6c7cc8c(cc7n(c3cc1C2=O)c46)c1c2cc(c3c4cc6c(cc4n8c31)C(=O)C1([B])CCC6([B])CC1)C([B])([B])C([B])([B])c1cccc(c1)C([B])([B])C2([B])[B])C([B])([B])C([B])([B])c1cccc(c1)C([B])([B])C5([B])[B]. The van der Waals surface area contributed by atoms with Crippen molar-refractivity contribution < 1.29 is 9.59 Å². The molecule has 0 atom stereocenters. The van der Waals surface area contributed by atoms with Gasteiger partial charge in [0.2, 0.25) is 0 Å². The van der Waals surface area contributed by atoms with Crippen LogP contribution in [0.2, 0.25) is 10.6 Å². The molecule has 11 aromatic rings. The Balaban J connectivity index is 1.13. The fourth-order valence-corrected chi connectivity index (χ4v) is 17.1. The summed E-state index contributed by atoms with van der Waals surface area (Å²) < 4.78 is 4.01. The van der Waals surface area contributed by atoms with E-state index in [1.807, 2.05) is 45.2 Å². The Hall–Kier alpha value is -5.22. The van der Waals surface area contributed by atoms with E-state index in [9.17, 15) is 0 Å². The molecule has 8 aliphatic rings. The maximum atomic E-state index is 15.1. The van der Waals surface area contributed by atoms with Crippen LogP contribution in [0, 0.1) is 0 Å². The van der Waals surface area contributed by atoms with Crippen molar-refractivity contribution in [3.05, 3.63) is 164 Å². The van der Waals surface area contributed by atoms with Crippen LogP contribution in [0.1, 0.15) is 128 Å². The molecule has 88 heavy (non-hydrogen) atoms. The van der Waals surface area contributed by atoms with Gasteiger partial charge in [0.05, 0.1) is 190 Å². The number of ketones is 2. The number of Topliss-reactive ketones (excluding diaryl/α,β-unsaturated/α-hetero) is 2. The van der Waals surface area contributed by atoms with E-state index in [0.29, 0.717) is 150 Å². The number of carbonyl (C=O) groups excluding carboxylic acids is 2. The number of nitrogens with zero attached hydrogens (tertiary/aromatic N) is 2. The van der Waals surface area contributed by atoms with Gasteiger partial charge in [0.25, 0.3) is 0 Å². The Kier molecular flexibility index (Phi) is 10.5. The molecule has 370 valence electrons. The van der Waals surface area contributed by atoms with Gasteiger partial charge in [0.15, 0.2) is 11.6 Å². The molecule has 0 unspecified atom stereocenters. The summed E-state index contributed by atoms with van der Waals surface area (Å²) in [6.45, 7) is 0. The first-order valence-electron chi connectivity index (χ1n) is 29.6. The molecule has 0 saturated heterocycles. The number of hydrogen-bond acceptors (Lipinski definition) is 2. The Morgan fingerprint density at radius 3 is 0.807 bits per heavy atom. The zero-order valence-corrected chi connectivity index (χ0v) is 48.2. The van der Waals surface area contributed by atoms with E-state index in [4.69, 9.17) is 157 Å². The van der Waals surface area contributed by atoms with Gasteiger partial charge >= 0.3 is 0 Å². The highest BCUT2D eigenvalue weighted by molar-refractivity contribution is 6.59. The highest BCUT2D eigenvalue weighted by atomic mass is 16.1. The maximum absolute atomic E-state index is 15.1. The number of benzene rings is 7. The Morgan fingerprint density at radius 1 is 0.273 bits per heavy atom. The first kappa shape index (κ1) is 56.7. The summed E-state index contributed by atoms with van der Waals surface area (Å²) in [7, 11) is 148. The van der Waals surface area contributed by atoms with Crippen LogP contribution in [0.4, 0.5) is 0 Å². The maximum Gasteiger partial charge on any atom is 0.160 e. The van der Waals surface area contributed by atoms with Gasteiger partial charge in [-0.1, -0.05) is 150 Å². The summed E-state index contributed by atoms with van der Waals surface area (Å²) in [4.78, 5) is 30.3. The molecule has 0 spiro atoms. The van der Waals surface area contributed by atoms with E-state index in [2.05, 4.69) is 0 Å². The molecule has 7 aromatic carbocycles. The lowest BCUT2D eigenvalue weighted by Gasteiger charge is -2.51. The third kappa shape index (κ3) is 6.25. The van der Waals surface area contributed by atoms with E-state index in [1.165, 1.54) is 0 Å². The lowest BCUT2D eigenvalue weighted by molar-refractivity contribution is 0.0904. The standard InChI is InChI=1S/C64H32B20N2O2/c65-53-7-11-55(67,12-8-53)51(87)29-19-41-31(17-35(29)53)45-37-23-39(63(81,82)59(73,74)27-5-1-3-25(15-27)57(69,70)61(37,77)78)47-33-21-44-34(22-43(33)85(41)49(45)47)48-40-24-38(62(79,80)58(71,72)26-4-2-6-28(16-26)60(75,76)64(40,83)84)46-32-18-36-30(20-42(32)86(44)50(46)48)52(88)56(68)13-9-54(36,66)10-14-56/h1-6,15-24H,7-14H2. The van der Waals surface area contributed by atoms with Gasteiger partial charge in [0, 0.05) is 54.2 Å². The molecule has 24 heteroatoms. The second-order valence-electron chi connectivity index (χ2n) is 27.9. The van der Waals surface area contributed by atoms with Crippen molar-refractivity contribution in [2.45, 2.75) is 114 Å². The van der Waals surface area contributed by atoms with Gasteiger partial charge in [-0.05, 0) is 117 Å². The molecule has 8 aliphatic carbocycles. The number of aromatic nitrogens is 2. The van der Waals surface area contributed by atoms with Crippen molar-refractivity contribution >= 4 is 245 Å². The number of carbonyl (C=O) groups is 2. The zero-order valence-electron chi connectivity index (χ0n) is 48.2. The topological polar surface area (TPSA) is 43.0 Å². The highest BCUT2D eigenvalue weighted by Gasteiger charge is 2.53. The minimum Gasteiger partial charge on any atom is -0.308 e. The van der Waals surface area contributed by atoms with Crippen molar-refractivity contribution in [3.8, 4) is 0 Å². The Bertz CT molecular complexity index is 4810. The molecule has 12 bridgehead atoms. The molecule has 2 saturated carbocycles. The molecular weight excluding hydrogens is 1040 g/mol. The molecule has 2 fully saturated rings. The predicted octanol–water partition coefficient (Wildman–Crippen LogP) is 4.26. The smallest absolute Gasteiger partial charge is 0.160 e. The average Bonchev–Trinajstić information content (AvgIpc) is 1.47. The monoisotopic (exact) mass is 1080 g/mol. The van der Waals surface area contributed by atoms with Crippen molar-refractivity contribution in [1.29, 1.82) is 0 Å². The van der Waals surface area contributed by atoms with Crippen LogP contribution in [-0.2, 0) is 52.3 Å². The lowest BCUT2D eigenvalue weighted by Crippen LogP contribution is -2.55. The van der Waals surface area contributed by atoms with Gasteiger partial charge in [-0.25, -0.2) is 0 Å². The number of hydrogen-bond donors (Lipinski definition) is 0. The summed E-state index contributed by atoms with van der Waals surface area (Å²) in [5.74, 6) is -0.488. The van der Waals surface area contributed by atoms with Crippen LogP contribution in [0.25, 0.3) is 76.2 Å². The summed E-state index contributed by atoms with van der Waals surface area (Å²) in [5, 5.41) is -17.0. The Morgan fingerprint density at radius 2 is 0.523 bits per heavy atom. The predicted molar refractivity (Wildman–Crippen MR) is 371 cm³/mol. The minimum atomic E-state index is -2.19. The van der Waals surface area contributed by atoms with Crippen molar-refractivity contribution in [3.63, 3.8) is 0 Å². The average molecular weight is 1080 g/mol. The molecule has 0 amide bonds. The molecule has 19 rings (SSSR count). The summed E-state index contributed by atoms with van der Waals surface area (Å²) >= 11 is 0. The van der Waals surface area contributed by atoms with Crippen LogP contribution in [0.15, 0.2) is 97.1 Å². The summed E-state index contributed by atoms with van der Waals surface area (Å²) in [5.41, 5.74) is 6.99. The molecule has 4 aromatic heterocycles.